The molecule has 1 aliphatic heterocycles. The van der Waals surface area contributed by atoms with Gasteiger partial charge < -0.3 is 23.9 Å². The second-order valence-corrected chi connectivity index (χ2v) is 5.93. The summed E-state index contributed by atoms with van der Waals surface area (Å²) in [4.78, 5) is 12.0. The van der Waals surface area contributed by atoms with Gasteiger partial charge in [0.2, 0.25) is 5.89 Å². The van der Waals surface area contributed by atoms with Crippen LogP contribution < -0.4 is 24.8 Å². The highest BCUT2D eigenvalue weighted by molar-refractivity contribution is 5.86. The molecule has 1 aliphatic rings. The molecule has 9 nitrogen and oxygen atoms in total. The van der Waals surface area contributed by atoms with Crippen molar-refractivity contribution in [3.8, 4) is 28.7 Å². The number of anilines is 1. The Kier molecular flexibility index (Phi) is 4.96. The maximum Gasteiger partial charge on any atom is 0.324 e. The van der Waals surface area contributed by atoms with Crippen LogP contribution >= 0.6 is 0 Å². The minimum atomic E-state index is -0.451. The number of carbonyl (C=O) groups excluding carboxylic acids is 1. The largest absolute Gasteiger partial charge is 0.497 e. The van der Waals surface area contributed by atoms with Gasteiger partial charge in [-0.3, -0.25) is 5.32 Å². The van der Waals surface area contributed by atoms with E-state index in [4.69, 9.17) is 18.6 Å². The number of carbonyl (C=O) groups is 1. The number of fused-ring (bicyclic) bond motifs is 1. The van der Waals surface area contributed by atoms with E-state index in [1.165, 1.54) is 0 Å². The van der Waals surface area contributed by atoms with Crippen LogP contribution in [0.25, 0.3) is 11.5 Å². The molecule has 0 aliphatic carbocycles. The van der Waals surface area contributed by atoms with Crippen LogP contribution in [0.5, 0.6) is 17.2 Å². The number of ether oxygens (including phenoxy) is 3. The Labute approximate surface area is 160 Å². The number of urea groups is 1. The third-order valence-electron chi connectivity index (χ3n) is 4.05. The first-order chi connectivity index (χ1) is 13.7. The molecule has 0 spiro atoms. The molecule has 0 saturated heterocycles. The lowest BCUT2D eigenvalue weighted by atomic mass is 10.2. The van der Waals surface area contributed by atoms with Crippen LogP contribution in [0.3, 0.4) is 0 Å². The highest BCUT2D eigenvalue weighted by atomic mass is 16.6. The van der Waals surface area contributed by atoms with Crippen molar-refractivity contribution in [2.24, 2.45) is 0 Å². The zero-order valence-corrected chi connectivity index (χ0v) is 15.1. The number of nitrogens with one attached hydrogen (secondary N) is 2. The Morgan fingerprint density at radius 1 is 1.07 bits per heavy atom. The molecule has 2 amide bonds. The summed E-state index contributed by atoms with van der Waals surface area (Å²) in [5, 5.41) is 13.0. The van der Waals surface area contributed by atoms with Crippen LogP contribution in [0.2, 0.25) is 0 Å². The van der Waals surface area contributed by atoms with Crippen LogP contribution in [0.15, 0.2) is 46.9 Å². The molecule has 0 unspecified atom stereocenters. The van der Waals surface area contributed by atoms with Crippen LogP contribution in [-0.4, -0.2) is 36.6 Å². The number of methoxy groups -OCH3 is 1. The molecule has 144 valence electrons. The lowest BCUT2D eigenvalue weighted by molar-refractivity contribution is 0.171. The van der Waals surface area contributed by atoms with Gasteiger partial charge in [-0.05, 0) is 35.9 Å². The summed E-state index contributed by atoms with van der Waals surface area (Å²) in [5.41, 5.74) is 1.60. The second-order valence-electron chi connectivity index (χ2n) is 5.93. The van der Waals surface area contributed by atoms with E-state index in [-0.39, 0.29) is 11.9 Å². The Morgan fingerprint density at radius 3 is 2.64 bits per heavy atom. The molecule has 0 radical (unpaired) electrons. The molecule has 1 aromatic heterocycles. The van der Waals surface area contributed by atoms with E-state index >= 15 is 0 Å². The summed E-state index contributed by atoms with van der Waals surface area (Å²) in [6.07, 6.45) is 0. The minimum Gasteiger partial charge on any atom is -0.497 e. The van der Waals surface area contributed by atoms with E-state index in [1.54, 1.807) is 25.3 Å². The SMILES string of the molecule is COc1ccc(CNC(=O)Nc2nnc(-c3ccc4c(c3)OCCO4)o2)cc1. The third-order valence-corrected chi connectivity index (χ3v) is 4.05. The van der Waals surface area contributed by atoms with Gasteiger partial charge in [0, 0.05) is 12.1 Å². The van der Waals surface area contributed by atoms with E-state index in [2.05, 4.69) is 20.8 Å². The lowest BCUT2D eigenvalue weighted by Gasteiger charge is -2.18. The first kappa shape index (κ1) is 17.7. The predicted octanol–water partition coefficient (Wildman–Crippen LogP) is 2.84. The minimum absolute atomic E-state index is 0.00267. The number of hydrogen-bond donors (Lipinski definition) is 2. The molecule has 28 heavy (non-hydrogen) atoms. The number of rotatable bonds is 5. The number of nitrogens with zero attached hydrogens (tertiary/aromatic N) is 2. The average Bonchev–Trinajstić information content (AvgIpc) is 3.20. The average molecular weight is 382 g/mol. The van der Waals surface area contributed by atoms with Crippen molar-refractivity contribution >= 4 is 12.0 Å². The fourth-order valence-electron chi connectivity index (χ4n) is 2.63. The van der Waals surface area contributed by atoms with Crippen molar-refractivity contribution in [1.29, 1.82) is 0 Å². The summed E-state index contributed by atoms with van der Waals surface area (Å²) >= 11 is 0. The summed E-state index contributed by atoms with van der Waals surface area (Å²) in [5.74, 6) is 2.31. The normalized spacial score (nSPS) is 12.3. The molecule has 3 aromatic rings. The van der Waals surface area contributed by atoms with Crippen molar-refractivity contribution in [3.05, 3.63) is 48.0 Å². The molecular weight excluding hydrogens is 364 g/mol. The lowest BCUT2D eigenvalue weighted by Crippen LogP contribution is -2.28. The molecule has 9 heteroatoms. The highest BCUT2D eigenvalue weighted by Gasteiger charge is 2.16. The Balaban J connectivity index is 1.35. The van der Waals surface area contributed by atoms with E-state index < -0.39 is 6.03 Å². The molecule has 0 fully saturated rings. The van der Waals surface area contributed by atoms with Crippen molar-refractivity contribution < 1.29 is 23.4 Å². The molecule has 2 N–H and O–H groups in total. The Morgan fingerprint density at radius 2 is 1.86 bits per heavy atom. The maximum atomic E-state index is 12.0. The summed E-state index contributed by atoms with van der Waals surface area (Å²) in [7, 11) is 1.60. The predicted molar refractivity (Wildman–Crippen MR) is 99.6 cm³/mol. The highest BCUT2D eigenvalue weighted by Crippen LogP contribution is 2.34. The fraction of sp³-hybridized carbons (Fsp3) is 0.211. The molecule has 2 heterocycles. The standard InChI is InChI=1S/C19H18N4O5/c1-25-14-5-2-12(3-6-14)11-20-18(24)21-19-23-22-17(28-19)13-4-7-15-16(10-13)27-9-8-26-15/h2-7,10H,8-9,11H2,1H3,(H2,20,21,23,24). The van der Waals surface area contributed by atoms with Crippen LogP contribution in [-0.2, 0) is 6.54 Å². The first-order valence-corrected chi connectivity index (χ1v) is 8.62. The van der Waals surface area contributed by atoms with Gasteiger partial charge in [-0.15, -0.1) is 5.10 Å². The van der Waals surface area contributed by atoms with Crippen LogP contribution in [0.1, 0.15) is 5.56 Å². The van der Waals surface area contributed by atoms with E-state index in [1.807, 2.05) is 24.3 Å². The second kappa shape index (κ2) is 7.87. The number of hydrogen-bond acceptors (Lipinski definition) is 7. The third kappa shape index (κ3) is 3.98. The van der Waals surface area contributed by atoms with Crippen molar-refractivity contribution in [3.63, 3.8) is 0 Å². The van der Waals surface area contributed by atoms with Crippen LogP contribution in [0.4, 0.5) is 10.8 Å². The monoisotopic (exact) mass is 382 g/mol. The van der Waals surface area contributed by atoms with Gasteiger partial charge >= 0.3 is 12.0 Å². The van der Waals surface area contributed by atoms with Gasteiger partial charge in [0.15, 0.2) is 11.5 Å². The molecule has 0 saturated carbocycles. The smallest absolute Gasteiger partial charge is 0.324 e. The zero-order chi connectivity index (χ0) is 19.3. The van der Waals surface area contributed by atoms with E-state index in [9.17, 15) is 4.79 Å². The quantitative estimate of drug-likeness (QED) is 0.698. The van der Waals surface area contributed by atoms with E-state index in [0.29, 0.717) is 36.8 Å². The van der Waals surface area contributed by atoms with Crippen molar-refractivity contribution in [2.75, 3.05) is 25.6 Å². The number of amides is 2. The molecule has 0 bridgehead atoms. The summed E-state index contributed by atoms with van der Waals surface area (Å²) in [6.45, 7) is 1.35. The zero-order valence-electron chi connectivity index (χ0n) is 15.1. The van der Waals surface area contributed by atoms with Gasteiger partial charge in [0.1, 0.15) is 19.0 Å². The maximum absolute atomic E-state index is 12.0. The number of aromatic nitrogens is 2. The van der Waals surface area contributed by atoms with Crippen molar-refractivity contribution in [1.82, 2.24) is 15.5 Å². The van der Waals surface area contributed by atoms with Gasteiger partial charge in [0.05, 0.1) is 7.11 Å². The first-order valence-electron chi connectivity index (χ1n) is 8.62. The summed E-state index contributed by atoms with van der Waals surface area (Å²) < 4.78 is 21.6. The van der Waals surface area contributed by atoms with Gasteiger partial charge in [-0.25, -0.2) is 4.79 Å². The Hall–Kier alpha value is -3.75. The van der Waals surface area contributed by atoms with Gasteiger partial charge in [0.25, 0.3) is 0 Å². The number of benzene rings is 2. The molecular formula is C19H18N4O5. The fourth-order valence-corrected chi connectivity index (χ4v) is 2.63. The summed E-state index contributed by atoms with van der Waals surface area (Å²) in [6, 6.07) is 12.3. The molecule has 4 rings (SSSR count). The van der Waals surface area contributed by atoms with Crippen molar-refractivity contribution in [2.45, 2.75) is 6.54 Å². The van der Waals surface area contributed by atoms with Gasteiger partial charge in [-0.2, -0.15) is 0 Å². The Bertz CT molecular complexity index is 971. The molecule has 0 atom stereocenters. The van der Waals surface area contributed by atoms with Crippen LogP contribution in [0, 0.1) is 0 Å². The topological polar surface area (TPSA) is 108 Å². The van der Waals surface area contributed by atoms with Gasteiger partial charge in [-0.1, -0.05) is 17.2 Å². The molecule has 2 aromatic carbocycles. The van der Waals surface area contributed by atoms with E-state index in [0.717, 1.165) is 11.3 Å².